The molecule has 1 aromatic carbocycles. The maximum absolute atomic E-state index is 4.78. The summed E-state index contributed by atoms with van der Waals surface area (Å²) in [5.74, 6) is 0.791. The van der Waals surface area contributed by atoms with Gasteiger partial charge < -0.3 is 10.6 Å². The van der Waals surface area contributed by atoms with Gasteiger partial charge in [-0.25, -0.2) is 14.7 Å². The number of aromatic nitrogens is 3. The predicted octanol–water partition coefficient (Wildman–Crippen LogP) is 3.76. The van der Waals surface area contributed by atoms with Crippen molar-refractivity contribution < 1.29 is 0 Å². The lowest BCUT2D eigenvalue weighted by molar-refractivity contribution is 0.798. The molecule has 2 N–H and O–H groups in total. The molecular formula is C21H28N6S. The molecule has 0 aliphatic heterocycles. The molecule has 0 aliphatic carbocycles. The van der Waals surface area contributed by atoms with Crippen LogP contribution in [0.1, 0.15) is 40.7 Å². The highest BCUT2D eigenvalue weighted by atomic mass is 32.1. The number of benzene rings is 1. The molecule has 0 fully saturated rings. The third kappa shape index (κ3) is 4.98. The third-order valence-electron chi connectivity index (χ3n) is 4.34. The SMILES string of the molecule is CCNC(=NCc1ccccc1-n1nc(C)cc1C)NCc1ncc(CC)s1. The van der Waals surface area contributed by atoms with Gasteiger partial charge in [0, 0.05) is 23.3 Å². The van der Waals surface area contributed by atoms with Gasteiger partial charge in [-0.1, -0.05) is 25.1 Å². The second-order valence-corrected chi connectivity index (χ2v) is 7.79. The third-order valence-corrected chi connectivity index (χ3v) is 5.48. The van der Waals surface area contributed by atoms with Gasteiger partial charge in [-0.2, -0.15) is 5.10 Å². The molecule has 0 atom stereocenters. The normalized spacial score (nSPS) is 11.6. The summed E-state index contributed by atoms with van der Waals surface area (Å²) in [6, 6.07) is 10.4. The minimum Gasteiger partial charge on any atom is -0.357 e. The summed E-state index contributed by atoms with van der Waals surface area (Å²) in [5, 5.41) is 12.4. The number of rotatable bonds is 7. The van der Waals surface area contributed by atoms with E-state index >= 15 is 0 Å². The monoisotopic (exact) mass is 396 g/mol. The van der Waals surface area contributed by atoms with Crippen LogP contribution in [0.2, 0.25) is 0 Å². The maximum Gasteiger partial charge on any atom is 0.191 e. The number of aryl methyl sites for hydroxylation is 3. The minimum absolute atomic E-state index is 0.571. The van der Waals surface area contributed by atoms with Crippen LogP contribution in [0.5, 0.6) is 0 Å². The van der Waals surface area contributed by atoms with E-state index in [2.05, 4.69) is 59.7 Å². The average molecular weight is 397 g/mol. The van der Waals surface area contributed by atoms with E-state index in [1.807, 2.05) is 29.9 Å². The van der Waals surface area contributed by atoms with Crippen molar-refractivity contribution >= 4 is 17.3 Å². The van der Waals surface area contributed by atoms with Crippen LogP contribution in [-0.2, 0) is 19.5 Å². The van der Waals surface area contributed by atoms with Crippen molar-refractivity contribution in [3.63, 3.8) is 0 Å². The van der Waals surface area contributed by atoms with E-state index in [4.69, 9.17) is 4.99 Å². The van der Waals surface area contributed by atoms with Crippen LogP contribution in [0.25, 0.3) is 5.69 Å². The van der Waals surface area contributed by atoms with Crippen molar-refractivity contribution in [2.45, 2.75) is 47.2 Å². The van der Waals surface area contributed by atoms with Crippen LogP contribution in [0.3, 0.4) is 0 Å². The highest BCUT2D eigenvalue weighted by molar-refractivity contribution is 7.11. The molecule has 2 heterocycles. The van der Waals surface area contributed by atoms with Gasteiger partial charge in [0.15, 0.2) is 5.96 Å². The van der Waals surface area contributed by atoms with Crippen LogP contribution in [0.15, 0.2) is 41.5 Å². The molecule has 3 rings (SSSR count). The zero-order chi connectivity index (χ0) is 19.9. The highest BCUT2D eigenvalue weighted by Gasteiger charge is 2.09. The first-order valence-corrected chi connectivity index (χ1v) is 10.5. The van der Waals surface area contributed by atoms with Crippen LogP contribution in [-0.4, -0.2) is 27.3 Å². The van der Waals surface area contributed by atoms with Gasteiger partial charge in [0.25, 0.3) is 0 Å². The number of para-hydroxylation sites is 1. The zero-order valence-electron chi connectivity index (χ0n) is 17.0. The molecule has 7 heteroatoms. The van der Waals surface area contributed by atoms with Gasteiger partial charge in [0.1, 0.15) is 5.01 Å². The number of nitrogens with zero attached hydrogens (tertiary/aromatic N) is 4. The molecule has 0 aliphatic rings. The molecule has 2 aromatic heterocycles. The molecule has 0 radical (unpaired) electrons. The molecule has 0 unspecified atom stereocenters. The van der Waals surface area contributed by atoms with Crippen LogP contribution in [0.4, 0.5) is 0 Å². The van der Waals surface area contributed by atoms with Gasteiger partial charge in [0.2, 0.25) is 0 Å². The summed E-state index contributed by atoms with van der Waals surface area (Å²) >= 11 is 1.74. The molecule has 148 valence electrons. The lowest BCUT2D eigenvalue weighted by Crippen LogP contribution is -2.36. The Balaban J connectivity index is 1.75. The zero-order valence-corrected chi connectivity index (χ0v) is 17.8. The smallest absolute Gasteiger partial charge is 0.191 e. The second kappa shape index (κ2) is 9.50. The van der Waals surface area contributed by atoms with Gasteiger partial charge in [-0.3, -0.25) is 0 Å². The van der Waals surface area contributed by atoms with E-state index in [0.717, 1.165) is 46.6 Å². The quantitative estimate of drug-likeness (QED) is 0.471. The molecule has 0 spiro atoms. The van der Waals surface area contributed by atoms with Crippen molar-refractivity contribution in [1.82, 2.24) is 25.4 Å². The van der Waals surface area contributed by atoms with E-state index in [-0.39, 0.29) is 0 Å². The van der Waals surface area contributed by atoms with Crippen molar-refractivity contribution in [2.75, 3.05) is 6.54 Å². The first kappa shape index (κ1) is 20.1. The number of hydrogen-bond donors (Lipinski definition) is 2. The lowest BCUT2D eigenvalue weighted by atomic mass is 10.2. The summed E-state index contributed by atoms with van der Waals surface area (Å²) in [4.78, 5) is 10.5. The Morgan fingerprint density at radius 1 is 1.18 bits per heavy atom. The van der Waals surface area contributed by atoms with E-state index < -0.39 is 0 Å². The number of aliphatic imine (C=N–C) groups is 1. The number of hydrogen-bond acceptors (Lipinski definition) is 4. The average Bonchev–Trinajstić information content (AvgIpc) is 3.29. The van der Waals surface area contributed by atoms with Crippen molar-refractivity contribution in [1.29, 1.82) is 0 Å². The van der Waals surface area contributed by atoms with Crippen LogP contribution >= 0.6 is 11.3 Å². The molecule has 3 aromatic rings. The molecular weight excluding hydrogens is 368 g/mol. The summed E-state index contributed by atoms with van der Waals surface area (Å²) in [7, 11) is 0. The summed E-state index contributed by atoms with van der Waals surface area (Å²) < 4.78 is 1.99. The Hall–Kier alpha value is -2.67. The molecule has 0 saturated carbocycles. The first-order valence-electron chi connectivity index (χ1n) is 9.68. The molecule has 0 saturated heterocycles. The Morgan fingerprint density at radius 2 is 2.00 bits per heavy atom. The lowest BCUT2D eigenvalue weighted by Gasteiger charge is -2.12. The standard InChI is InChI=1S/C21H28N6S/c1-5-18-13-23-20(28-18)14-25-21(22-6-2)24-12-17-9-7-8-10-19(17)27-16(4)11-15(3)26-27/h7-11,13H,5-6,12,14H2,1-4H3,(H2,22,24,25). The fourth-order valence-electron chi connectivity index (χ4n) is 2.98. The number of nitrogens with one attached hydrogen (secondary N) is 2. The fourth-order valence-corrected chi connectivity index (χ4v) is 3.78. The summed E-state index contributed by atoms with van der Waals surface area (Å²) in [6.45, 7) is 10.4. The summed E-state index contributed by atoms with van der Waals surface area (Å²) in [5.41, 5.74) is 4.34. The molecule has 28 heavy (non-hydrogen) atoms. The van der Waals surface area contributed by atoms with E-state index in [0.29, 0.717) is 13.1 Å². The second-order valence-electron chi connectivity index (χ2n) is 6.59. The van der Waals surface area contributed by atoms with Crippen molar-refractivity contribution in [3.05, 3.63) is 63.4 Å². The minimum atomic E-state index is 0.571. The van der Waals surface area contributed by atoms with Gasteiger partial charge in [-0.05, 0) is 44.9 Å². The van der Waals surface area contributed by atoms with Crippen molar-refractivity contribution in [2.24, 2.45) is 4.99 Å². The maximum atomic E-state index is 4.78. The topological polar surface area (TPSA) is 67.1 Å². The van der Waals surface area contributed by atoms with Crippen molar-refractivity contribution in [3.8, 4) is 5.69 Å². The number of guanidine groups is 1. The van der Waals surface area contributed by atoms with E-state index in [1.54, 1.807) is 11.3 Å². The fraction of sp³-hybridized carbons (Fsp3) is 0.381. The molecule has 0 amide bonds. The van der Waals surface area contributed by atoms with Crippen LogP contribution in [0, 0.1) is 13.8 Å². The predicted molar refractivity (Wildman–Crippen MR) is 116 cm³/mol. The Labute approximate surface area is 170 Å². The Morgan fingerprint density at radius 3 is 2.68 bits per heavy atom. The van der Waals surface area contributed by atoms with Crippen LogP contribution < -0.4 is 10.6 Å². The molecule has 0 bridgehead atoms. The Bertz CT molecular complexity index is 940. The van der Waals surface area contributed by atoms with Gasteiger partial charge >= 0.3 is 0 Å². The van der Waals surface area contributed by atoms with E-state index in [1.165, 1.54) is 4.88 Å². The van der Waals surface area contributed by atoms with E-state index in [9.17, 15) is 0 Å². The largest absolute Gasteiger partial charge is 0.357 e. The highest BCUT2D eigenvalue weighted by Crippen LogP contribution is 2.18. The Kier molecular flexibility index (Phi) is 6.81. The molecule has 6 nitrogen and oxygen atoms in total. The van der Waals surface area contributed by atoms with Gasteiger partial charge in [-0.15, -0.1) is 11.3 Å². The number of thiazole rings is 1. The van der Waals surface area contributed by atoms with Gasteiger partial charge in [0.05, 0.1) is 24.5 Å². The first-order chi connectivity index (χ1) is 13.6. The summed E-state index contributed by atoms with van der Waals surface area (Å²) in [6.07, 6.45) is 2.98.